The van der Waals surface area contributed by atoms with E-state index in [1.165, 1.54) is 11.1 Å². The Morgan fingerprint density at radius 1 is 0.905 bits per heavy atom. The number of anilines is 1. The van der Waals surface area contributed by atoms with Gasteiger partial charge in [-0.2, -0.15) is 0 Å². The summed E-state index contributed by atoms with van der Waals surface area (Å²) >= 11 is 12.7. The summed E-state index contributed by atoms with van der Waals surface area (Å²) in [5.41, 5.74) is 7.65. The van der Waals surface area contributed by atoms with E-state index in [1.807, 2.05) is 61.0 Å². The van der Waals surface area contributed by atoms with Crippen LogP contribution in [0.4, 0.5) is 5.69 Å². The molecule has 1 saturated heterocycles. The summed E-state index contributed by atoms with van der Waals surface area (Å²) in [5, 5.41) is 1.07. The summed E-state index contributed by atoms with van der Waals surface area (Å²) in [6.45, 7) is 12.1. The first-order valence-corrected chi connectivity index (χ1v) is 15.6. The van der Waals surface area contributed by atoms with E-state index in [0.29, 0.717) is 16.6 Å². The van der Waals surface area contributed by atoms with Crippen LogP contribution in [-0.4, -0.2) is 61.4 Å². The second-order valence-corrected chi connectivity index (χ2v) is 13.3. The van der Waals surface area contributed by atoms with Crippen molar-refractivity contribution in [1.29, 1.82) is 0 Å². The second-order valence-electron chi connectivity index (χ2n) is 12.5. The van der Waals surface area contributed by atoms with E-state index in [2.05, 4.69) is 36.1 Å². The number of amides is 2. The summed E-state index contributed by atoms with van der Waals surface area (Å²) in [5.74, 6) is 0.249. The highest BCUT2D eigenvalue weighted by molar-refractivity contribution is 6.42. The van der Waals surface area contributed by atoms with Crippen LogP contribution in [0, 0.1) is 20.8 Å². The Morgan fingerprint density at radius 3 is 2.24 bits per heavy atom. The van der Waals surface area contributed by atoms with Gasteiger partial charge in [0.1, 0.15) is 0 Å². The van der Waals surface area contributed by atoms with Crippen molar-refractivity contribution in [1.82, 2.24) is 9.80 Å². The Labute approximate surface area is 260 Å². The number of carbonyl (C=O) groups is 2. The van der Waals surface area contributed by atoms with Crippen molar-refractivity contribution in [3.8, 4) is 0 Å². The van der Waals surface area contributed by atoms with Gasteiger partial charge < -0.3 is 14.7 Å². The molecule has 222 valence electrons. The molecular formula is C35H41Cl2N3O2. The molecule has 2 amide bonds. The largest absolute Gasteiger partial charge is 0.341 e. The maximum Gasteiger partial charge on any atom is 0.253 e. The fourth-order valence-electron chi connectivity index (χ4n) is 6.90. The maximum atomic E-state index is 13.4. The normalized spacial score (nSPS) is 16.9. The molecule has 0 bridgehead atoms. The average Bonchev–Trinajstić information content (AvgIpc) is 3.25. The quantitative estimate of drug-likeness (QED) is 0.279. The summed E-state index contributed by atoms with van der Waals surface area (Å²) < 4.78 is 0. The van der Waals surface area contributed by atoms with Crippen LogP contribution in [0.5, 0.6) is 0 Å². The molecule has 1 unspecified atom stereocenters. The molecule has 5 rings (SSSR count). The number of piperidine rings is 1. The van der Waals surface area contributed by atoms with E-state index in [-0.39, 0.29) is 23.1 Å². The average molecular weight is 607 g/mol. The molecule has 0 N–H and O–H groups in total. The second kappa shape index (κ2) is 12.4. The third-order valence-electron chi connectivity index (χ3n) is 9.19. The van der Waals surface area contributed by atoms with Gasteiger partial charge in [0, 0.05) is 49.6 Å². The van der Waals surface area contributed by atoms with Crippen LogP contribution in [0.25, 0.3) is 0 Å². The van der Waals surface area contributed by atoms with Crippen molar-refractivity contribution in [3.63, 3.8) is 0 Å². The number of aryl methyl sites for hydroxylation is 3. The number of nitrogens with zero attached hydrogens (tertiary/aromatic N) is 3. The fourth-order valence-corrected chi connectivity index (χ4v) is 7.20. The Hall–Kier alpha value is -2.86. The summed E-state index contributed by atoms with van der Waals surface area (Å²) in [4.78, 5) is 32.2. The van der Waals surface area contributed by atoms with Crippen LogP contribution in [0.15, 0.2) is 54.6 Å². The van der Waals surface area contributed by atoms with Crippen molar-refractivity contribution in [3.05, 3.63) is 98.0 Å². The van der Waals surface area contributed by atoms with Crippen molar-refractivity contribution in [2.24, 2.45) is 0 Å². The number of halogens is 2. The van der Waals surface area contributed by atoms with Gasteiger partial charge in [0.25, 0.3) is 5.91 Å². The third kappa shape index (κ3) is 6.39. The number of carbonyl (C=O) groups excluding carboxylic acids is 2. The van der Waals surface area contributed by atoms with E-state index in [4.69, 9.17) is 23.2 Å². The number of fused-ring (bicyclic) bond motifs is 2. The molecular weight excluding hydrogens is 565 g/mol. The molecule has 5 nitrogen and oxygen atoms in total. The van der Waals surface area contributed by atoms with E-state index in [1.54, 1.807) is 6.92 Å². The van der Waals surface area contributed by atoms with E-state index >= 15 is 0 Å². The lowest BCUT2D eigenvalue weighted by molar-refractivity contribution is -0.116. The predicted octanol–water partition coefficient (Wildman–Crippen LogP) is 7.56. The van der Waals surface area contributed by atoms with Crippen molar-refractivity contribution in [2.75, 3.05) is 44.7 Å². The minimum absolute atomic E-state index is 0.0191. The first-order chi connectivity index (χ1) is 20.0. The standard InChI is InChI=1S/C35H41Cl2N3O2/c1-23-6-9-33-30(19-23)35(22-40(33)26(4)41)11-14-39(15-12-35)13-10-28(27-7-8-31(36)32(37)20-27)21-38(5)34(42)29-17-24(2)16-25(3)18-29/h6-9,16-20,28H,10-15,21-22H2,1-5H3. The smallest absolute Gasteiger partial charge is 0.253 e. The van der Waals surface area contributed by atoms with Crippen LogP contribution in [0.2, 0.25) is 10.0 Å². The van der Waals surface area contributed by atoms with E-state index in [9.17, 15) is 9.59 Å². The monoisotopic (exact) mass is 605 g/mol. The molecule has 0 aliphatic carbocycles. The van der Waals surface area contributed by atoms with Gasteiger partial charge in [0.2, 0.25) is 5.91 Å². The van der Waals surface area contributed by atoms with Crippen LogP contribution in [0.1, 0.15) is 70.3 Å². The Bertz CT molecular complexity index is 1480. The lowest BCUT2D eigenvalue weighted by atomic mass is 9.74. The third-order valence-corrected chi connectivity index (χ3v) is 9.93. The van der Waals surface area contributed by atoms with Crippen LogP contribution in [-0.2, 0) is 10.2 Å². The van der Waals surface area contributed by atoms with Gasteiger partial charge in [-0.05, 0) is 101 Å². The Kier molecular flexibility index (Phi) is 9.03. The molecule has 0 radical (unpaired) electrons. The number of likely N-dealkylation sites (tertiary alicyclic amines) is 1. The molecule has 2 aliphatic heterocycles. The zero-order valence-corrected chi connectivity index (χ0v) is 26.9. The molecule has 1 spiro atoms. The topological polar surface area (TPSA) is 43.9 Å². The first kappa shape index (κ1) is 30.6. The van der Waals surface area contributed by atoms with Gasteiger partial charge >= 0.3 is 0 Å². The molecule has 3 aromatic carbocycles. The van der Waals surface area contributed by atoms with Crippen molar-refractivity contribution < 1.29 is 9.59 Å². The summed E-state index contributed by atoms with van der Waals surface area (Å²) in [6, 6.07) is 18.3. The van der Waals surface area contributed by atoms with Gasteiger partial charge in [0.15, 0.2) is 0 Å². The Morgan fingerprint density at radius 2 is 1.60 bits per heavy atom. The molecule has 1 fully saturated rings. The molecule has 2 heterocycles. The van der Waals surface area contributed by atoms with Gasteiger partial charge in [-0.3, -0.25) is 9.59 Å². The minimum Gasteiger partial charge on any atom is -0.341 e. The van der Waals surface area contributed by atoms with Crippen molar-refractivity contribution >= 4 is 40.7 Å². The molecule has 0 saturated carbocycles. The zero-order valence-electron chi connectivity index (χ0n) is 25.3. The number of hydrogen-bond acceptors (Lipinski definition) is 3. The first-order valence-electron chi connectivity index (χ1n) is 14.9. The fraction of sp³-hybridized carbons (Fsp3) is 0.429. The molecule has 1 atom stereocenters. The molecule has 2 aliphatic rings. The molecule has 0 aromatic heterocycles. The lowest BCUT2D eigenvalue weighted by Gasteiger charge is -2.40. The van der Waals surface area contributed by atoms with Crippen molar-refractivity contribution in [2.45, 2.75) is 58.3 Å². The Balaban J connectivity index is 1.29. The highest BCUT2D eigenvalue weighted by Crippen LogP contribution is 2.47. The summed E-state index contributed by atoms with van der Waals surface area (Å²) in [6.07, 6.45) is 2.94. The van der Waals surface area contributed by atoms with Gasteiger partial charge in [-0.1, -0.05) is 64.2 Å². The molecule has 42 heavy (non-hydrogen) atoms. The number of likely N-dealkylation sites (N-methyl/N-ethyl adjacent to an activating group) is 1. The van der Waals surface area contributed by atoms with Gasteiger partial charge in [-0.25, -0.2) is 0 Å². The number of hydrogen-bond donors (Lipinski definition) is 0. The predicted molar refractivity (Wildman–Crippen MR) is 173 cm³/mol. The number of rotatable bonds is 7. The van der Waals surface area contributed by atoms with E-state index in [0.717, 1.165) is 73.4 Å². The summed E-state index contributed by atoms with van der Waals surface area (Å²) in [7, 11) is 1.88. The highest BCUT2D eigenvalue weighted by Gasteiger charge is 2.45. The number of benzene rings is 3. The molecule has 3 aromatic rings. The maximum absolute atomic E-state index is 13.4. The van der Waals surface area contributed by atoms with Crippen LogP contribution < -0.4 is 4.90 Å². The van der Waals surface area contributed by atoms with Gasteiger partial charge in [-0.15, -0.1) is 0 Å². The zero-order chi connectivity index (χ0) is 30.2. The van der Waals surface area contributed by atoms with Crippen LogP contribution >= 0.6 is 23.2 Å². The van der Waals surface area contributed by atoms with Gasteiger partial charge in [0.05, 0.1) is 10.0 Å². The SMILES string of the molecule is CC(=O)N1CC2(CCN(CCC(CN(C)C(=O)c3cc(C)cc(C)c3)c3ccc(Cl)c(Cl)c3)CC2)c2cc(C)ccc21. The van der Waals surface area contributed by atoms with Crippen LogP contribution in [0.3, 0.4) is 0 Å². The highest BCUT2D eigenvalue weighted by atomic mass is 35.5. The molecule has 7 heteroatoms. The van der Waals surface area contributed by atoms with E-state index < -0.39 is 0 Å². The minimum atomic E-state index is 0.0191. The lowest BCUT2D eigenvalue weighted by Crippen LogP contribution is -2.46.